The number of nitrogens with one attached hydrogen (secondary N) is 1. The van der Waals surface area contributed by atoms with Crippen molar-refractivity contribution in [1.29, 1.82) is 0 Å². The van der Waals surface area contributed by atoms with Crippen molar-refractivity contribution in [2.24, 2.45) is 0 Å². The number of likely N-dealkylation sites (N-methyl/N-ethyl adjacent to an activating group) is 1. The summed E-state index contributed by atoms with van der Waals surface area (Å²) in [4.78, 5) is 11.4. The molecule has 1 aliphatic heterocycles. The van der Waals surface area contributed by atoms with E-state index in [1.54, 1.807) is 11.7 Å². The molecule has 1 aromatic heterocycles. The third-order valence-electron chi connectivity index (χ3n) is 4.08. The highest BCUT2D eigenvalue weighted by Crippen LogP contribution is 2.36. The Balaban J connectivity index is 2.21. The molecule has 0 aromatic carbocycles. The maximum Gasteiger partial charge on any atom is 0.498 e. The van der Waals surface area contributed by atoms with Crippen LogP contribution in [0.5, 0.6) is 0 Å². The molecular weight excluding hydrogens is 257 g/mol. The number of hydrogen-bond acceptors (Lipinski definition) is 4. The molecule has 1 N–H and O–H groups in total. The van der Waals surface area contributed by atoms with Crippen LogP contribution in [0.2, 0.25) is 0 Å². The molecule has 20 heavy (non-hydrogen) atoms. The Morgan fingerprint density at radius 3 is 2.40 bits per heavy atom. The molecule has 0 radical (unpaired) electrons. The summed E-state index contributed by atoms with van der Waals surface area (Å²) in [5.74, 6) is -0.0898. The average molecular weight is 279 g/mol. The van der Waals surface area contributed by atoms with Crippen molar-refractivity contribution in [3.8, 4) is 0 Å². The van der Waals surface area contributed by atoms with E-state index in [2.05, 4.69) is 10.4 Å². The first kappa shape index (κ1) is 15.1. The Morgan fingerprint density at radius 1 is 1.35 bits per heavy atom. The Bertz CT molecular complexity index is 509. The lowest BCUT2D eigenvalue weighted by Gasteiger charge is -2.32. The van der Waals surface area contributed by atoms with Crippen molar-refractivity contribution >= 4 is 18.5 Å². The molecule has 1 aromatic rings. The largest absolute Gasteiger partial charge is 0.498 e. The van der Waals surface area contributed by atoms with Gasteiger partial charge in [0, 0.05) is 18.7 Å². The molecule has 0 atom stereocenters. The lowest BCUT2D eigenvalue weighted by atomic mass is 9.79. The fourth-order valence-electron chi connectivity index (χ4n) is 2.04. The standard InChI is InChI=1S/C13H22BN3O3/c1-9-10(7-17(16-9)8-11(18)15-6)14-19-12(2,3)13(4,5)20-14/h7H,8H2,1-6H3,(H,15,18). The SMILES string of the molecule is CNC(=O)Cn1cc(B2OC(C)(C)C(C)(C)O2)c(C)n1. The van der Waals surface area contributed by atoms with Crippen molar-refractivity contribution < 1.29 is 14.1 Å². The van der Waals surface area contributed by atoms with Crippen LogP contribution in [0.25, 0.3) is 0 Å². The summed E-state index contributed by atoms with van der Waals surface area (Å²) < 4.78 is 13.6. The second-order valence-electron chi connectivity index (χ2n) is 6.13. The van der Waals surface area contributed by atoms with Crippen LogP contribution in [-0.2, 0) is 20.6 Å². The quantitative estimate of drug-likeness (QED) is 0.805. The third-order valence-corrected chi connectivity index (χ3v) is 4.08. The van der Waals surface area contributed by atoms with Gasteiger partial charge in [0.2, 0.25) is 5.91 Å². The van der Waals surface area contributed by atoms with E-state index < -0.39 is 7.12 Å². The van der Waals surface area contributed by atoms with Crippen LogP contribution >= 0.6 is 0 Å². The molecule has 1 fully saturated rings. The Kier molecular flexibility index (Phi) is 3.68. The van der Waals surface area contributed by atoms with Crippen LogP contribution in [0.4, 0.5) is 0 Å². The molecule has 1 saturated heterocycles. The van der Waals surface area contributed by atoms with Crippen molar-refractivity contribution in [1.82, 2.24) is 15.1 Å². The van der Waals surface area contributed by atoms with E-state index in [9.17, 15) is 4.79 Å². The Hall–Kier alpha value is -1.34. The highest BCUT2D eigenvalue weighted by molar-refractivity contribution is 6.62. The summed E-state index contributed by atoms with van der Waals surface area (Å²) >= 11 is 0. The van der Waals surface area contributed by atoms with E-state index >= 15 is 0 Å². The normalized spacial score (nSPS) is 20.2. The summed E-state index contributed by atoms with van der Waals surface area (Å²) in [5, 5.41) is 6.91. The van der Waals surface area contributed by atoms with Gasteiger partial charge in [-0.15, -0.1) is 0 Å². The fourth-order valence-corrected chi connectivity index (χ4v) is 2.04. The average Bonchev–Trinajstić information content (AvgIpc) is 2.77. The second kappa shape index (κ2) is 4.89. The van der Waals surface area contributed by atoms with Gasteiger partial charge in [0.25, 0.3) is 0 Å². The minimum atomic E-state index is -0.446. The molecule has 0 saturated carbocycles. The number of aromatic nitrogens is 2. The molecule has 0 bridgehead atoms. The van der Waals surface area contributed by atoms with Crippen molar-refractivity contribution in [3.05, 3.63) is 11.9 Å². The number of rotatable bonds is 3. The van der Waals surface area contributed by atoms with Crippen molar-refractivity contribution in [2.45, 2.75) is 52.4 Å². The van der Waals surface area contributed by atoms with Gasteiger partial charge in [-0.1, -0.05) is 0 Å². The van der Waals surface area contributed by atoms with E-state index in [1.807, 2.05) is 40.8 Å². The van der Waals surface area contributed by atoms with E-state index in [1.165, 1.54) is 0 Å². The predicted molar refractivity (Wildman–Crippen MR) is 76.7 cm³/mol. The topological polar surface area (TPSA) is 65.4 Å². The first-order chi connectivity index (χ1) is 9.16. The predicted octanol–water partition coefficient (Wildman–Crippen LogP) is 0.237. The van der Waals surface area contributed by atoms with E-state index in [-0.39, 0.29) is 23.7 Å². The molecule has 2 heterocycles. The van der Waals surface area contributed by atoms with Crippen LogP contribution in [0.1, 0.15) is 33.4 Å². The van der Waals surface area contributed by atoms with Crippen LogP contribution in [0, 0.1) is 6.92 Å². The summed E-state index contributed by atoms with van der Waals surface area (Å²) in [6.07, 6.45) is 1.81. The van der Waals surface area contributed by atoms with Gasteiger partial charge in [-0.2, -0.15) is 5.10 Å². The maximum absolute atomic E-state index is 11.4. The molecule has 110 valence electrons. The number of aryl methyl sites for hydroxylation is 1. The van der Waals surface area contributed by atoms with Gasteiger partial charge in [-0.3, -0.25) is 9.48 Å². The lowest BCUT2D eigenvalue weighted by molar-refractivity contribution is -0.121. The zero-order chi connectivity index (χ0) is 15.1. The van der Waals surface area contributed by atoms with Crippen LogP contribution in [0.3, 0.4) is 0 Å². The van der Waals surface area contributed by atoms with Gasteiger partial charge < -0.3 is 14.6 Å². The molecule has 0 spiro atoms. The lowest BCUT2D eigenvalue weighted by Crippen LogP contribution is -2.41. The summed E-state index contributed by atoms with van der Waals surface area (Å²) in [6, 6.07) is 0. The maximum atomic E-state index is 11.4. The number of carbonyl (C=O) groups is 1. The van der Waals surface area contributed by atoms with Gasteiger partial charge in [0.05, 0.1) is 16.9 Å². The smallest absolute Gasteiger partial charge is 0.399 e. The molecule has 0 unspecified atom stereocenters. The zero-order valence-electron chi connectivity index (χ0n) is 13.0. The van der Waals surface area contributed by atoms with Crippen molar-refractivity contribution in [2.75, 3.05) is 7.05 Å². The highest BCUT2D eigenvalue weighted by Gasteiger charge is 2.52. The molecule has 6 nitrogen and oxygen atoms in total. The Morgan fingerprint density at radius 2 is 1.90 bits per heavy atom. The molecule has 7 heteroatoms. The van der Waals surface area contributed by atoms with Crippen molar-refractivity contribution in [3.63, 3.8) is 0 Å². The van der Waals surface area contributed by atoms with Gasteiger partial charge in [-0.25, -0.2) is 0 Å². The van der Waals surface area contributed by atoms with E-state index in [0.717, 1.165) is 11.2 Å². The highest BCUT2D eigenvalue weighted by atomic mass is 16.7. The van der Waals surface area contributed by atoms with Gasteiger partial charge in [0.1, 0.15) is 6.54 Å². The van der Waals surface area contributed by atoms with Gasteiger partial charge >= 0.3 is 7.12 Å². The van der Waals surface area contributed by atoms with Gasteiger partial charge in [-0.05, 0) is 34.6 Å². The minimum Gasteiger partial charge on any atom is -0.399 e. The second-order valence-corrected chi connectivity index (χ2v) is 6.13. The van der Waals surface area contributed by atoms with Crippen LogP contribution < -0.4 is 10.8 Å². The van der Waals surface area contributed by atoms with E-state index in [4.69, 9.17) is 9.31 Å². The molecule has 2 rings (SSSR count). The minimum absolute atomic E-state index is 0.0898. The molecule has 0 aliphatic carbocycles. The van der Waals surface area contributed by atoms with E-state index in [0.29, 0.717) is 0 Å². The summed E-state index contributed by atoms with van der Waals surface area (Å²) in [5.41, 5.74) is 0.917. The number of hydrogen-bond donors (Lipinski definition) is 1. The zero-order valence-corrected chi connectivity index (χ0v) is 13.0. The molecule has 1 amide bonds. The van der Waals surface area contributed by atoms with Crippen LogP contribution in [0.15, 0.2) is 6.20 Å². The summed E-state index contributed by atoms with van der Waals surface area (Å²) in [7, 11) is 1.16. The molecular formula is C13H22BN3O3. The Labute approximate surface area is 120 Å². The number of carbonyl (C=O) groups excluding carboxylic acids is 1. The number of nitrogens with zero attached hydrogens (tertiary/aromatic N) is 2. The third kappa shape index (κ3) is 2.60. The first-order valence-corrected chi connectivity index (χ1v) is 6.76. The van der Waals surface area contributed by atoms with Crippen LogP contribution in [-0.4, -0.2) is 41.1 Å². The first-order valence-electron chi connectivity index (χ1n) is 6.76. The summed E-state index contributed by atoms with van der Waals surface area (Å²) in [6.45, 7) is 10.1. The van der Waals surface area contributed by atoms with Gasteiger partial charge in [0.15, 0.2) is 0 Å². The number of amides is 1. The monoisotopic (exact) mass is 279 g/mol. The molecule has 1 aliphatic rings. The fraction of sp³-hybridized carbons (Fsp3) is 0.692.